The average molecular weight is 431 g/mol. The fraction of sp³-hybridized carbons (Fsp3) is 0.586. The molecule has 6 rings (SSSR count). The highest BCUT2D eigenvalue weighted by Gasteiger charge is 2.46. The van der Waals surface area contributed by atoms with Crippen molar-refractivity contribution in [2.24, 2.45) is 5.41 Å². The SMILES string of the molecule is c1ccc(C[C@H]2c3ccc(OC4CCN(C5CCC5)CC4)cc3CC23CCNCC3)cc1. The quantitative estimate of drug-likeness (QED) is 0.693. The summed E-state index contributed by atoms with van der Waals surface area (Å²) in [4.78, 5) is 2.71. The number of piperidine rings is 2. The Labute approximate surface area is 193 Å². The van der Waals surface area contributed by atoms with Gasteiger partial charge in [0, 0.05) is 19.1 Å². The first-order valence-electron chi connectivity index (χ1n) is 13.1. The molecule has 2 saturated heterocycles. The van der Waals surface area contributed by atoms with Gasteiger partial charge in [-0.1, -0.05) is 42.8 Å². The summed E-state index contributed by atoms with van der Waals surface area (Å²) in [6, 6.07) is 19.1. The van der Waals surface area contributed by atoms with Crippen molar-refractivity contribution < 1.29 is 4.74 Å². The van der Waals surface area contributed by atoms with Crippen LogP contribution in [-0.4, -0.2) is 43.2 Å². The third-order valence-electron chi connectivity index (χ3n) is 9.02. The minimum Gasteiger partial charge on any atom is -0.490 e. The van der Waals surface area contributed by atoms with E-state index in [-0.39, 0.29) is 0 Å². The van der Waals surface area contributed by atoms with E-state index < -0.39 is 0 Å². The molecular formula is C29H38N2O. The van der Waals surface area contributed by atoms with Gasteiger partial charge in [0.15, 0.2) is 0 Å². The number of hydrogen-bond acceptors (Lipinski definition) is 3. The summed E-state index contributed by atoms with van der Waals surface area (Å²) >= 11 is 0. The van der Waals surface area contributed by atoms with Gasteiger partial charge in [0.1, 0.15) is 11.9 Å². The van der Waals surface area contributed by atoms with E-state index in [1.54, 1.807) is 11.1 Å². The van der Waals surface area contributed by atoms with Gasteiger partial charge in [0.25, 0.3) is 0 Å². The number of nitrogens with zero attached hydrogens (tertiary/aromatic N) is 1. The van der Waals surface area contributed by atoms with Crippen LogP contribution in [-0.2, 0) is 12.8 Å². The highest BCUT2D eigenvalue weighted by molar-refractivity contribution is 5.45. The van der Waals surface area contributed by atoms with Crippen molar-refractivity contribution >= 4 is 0 Å². The molecule has 1 spiro atoms. The first kappa shape index (κ1) is 20.7. The number of hydrogen-bond donors (Lipinski definition) is 1. The van der Waals surface area contributed by atoms with Gasteiger partial charge < -0.3 is 15.0 Å². The molecule has 170 valence electrons. The van der Waals surface area contributed by atoms with Crippen LogP contribution in [0.3, 0.4) is 0 Å². The largest absolute Gasteiger partial charge is 0.490 e. The highest BCUT2D eigenvalue weighted by atomic mass is 16.5. The van der Waals surface area contributed by atoms with Gasteiger partial charge in [-0.05, 0) is 105 Å². The molecule has 2 aromatic carbocycles. The lowest BCUT2D eigenvalue weighted by molar-refractivity contribution is 0.0493. The van der Waals surface area contributed by atoms with Gasteiger partial charge >= 0.3 is 0 Å². The highest BCUT2D eigenvalue weighted by Crippen LogP contribution is 2.54. The summed E-state index contributed by atoms with van der Waals surface area (Å²) in [5.74, 6) is 1.73. The Hall–Kier alpha value is -1.84. The van der Waals surface area contributed by atoms with E-state index in [9.17, 15) is 0 Å². The maximum atomic E-state index is 6.55. The zero-order valence-electron chi connectivity index (χ0n) is 19.4. The summed E-state index contributed by atoms with van der Waals surface area (Å²) < 4.78 is 6.55. The van der Waals surface area contributed by atoms with Gasteiger partial charge in [-0.15, -0.1) is 0 Å². The Morgan fingerprint density at radius 3 is 2.44 bits per heavy atom. The van der Waals surface area contributed by atoms with Crippen molar-refractivity contribution in [3.05, 3.63) is 65.2 Å². The van der Waals surface area contributed by atoms with Crippen LogP contribution in [0.1, 0.15) is 67.6 Å². The summed E-state index contributed by atoms with van der Waals surface area (Å²) in [6.07, 6.45) is 12.0. The van der Waals surface area contributed by atoms with Crippen molar-refractivity contribution in [3.8, 4) is 5.75 Å². The minimum absolute atomic E-state index is 0.388. The number of ether oxygens (including phenoxy) is 1. The molecule has 2 heterocycles. The second-order valence-electron chi connectivity index (χ2n) is 10.8. The zero-order valence-corrected chi connectivity index (χ0v) is 19.4. The maximum Gasteiger partial charge on any atom is 0.120 e. The Balaban J connectivity index is 1.18. The molecule has 3 nitrogen and oxygen atoms in total. The van der Waals surface area contributed by atoms with E-state index in [4.69, 9.17) is 4.74 Å². The standard InChI is InChI=1S/C29H38N2O/c1-2-5-22(6-3-1)19-28-27-10-9-26(20-23(27)21-29(28)13-15-30-16-14-29)32-25-11-17-31(18-12-25)24-7-4-8-24/h1-3,5-6,9-10,20,24-25,28,30H,4,7-8,11-19,21H2/t28-/m0/s1. The predicted molar refractivity (Wildman–Crippen MR) is 130 cm³/mol. The summed E-state index contributed by atoms with van der Waals surface area (Å²) in [6.45, 7) is 4.75. The molecule has 1 saturated carbocycles. The second kappa shape index (κ2) is 8.83. The van der Waals surface area contributed by atoms with Gasteiger partial charge in [-0.2, -0.15) is 0 Å². The lowest BCUT2D eigenvalue weighted by Gasteiger charge is -2.41. The molecule has 32 heavy (non-hydrogen) atoms. The topological polar surface area (TPSA) is 24.5 Å². The number of nitrogens with one attached hydrogen (secondary N) is 1. The Morgan fingerprint density at radius 2 is 1.72 bits per heavy atom. The van der Waals surface area contributed by atoms with Crippen molar-refractivity contribution in [2.75, 3.05) is 26.2 Å². The molecule has 2 aliphatic heterocycles. The van der Waals surface area contributed by atoms with Crippen LogP contribution < -0.4 is 10.1 Å². The third-order valence-corrected chi connectivity index (χ3v) is 9.02. The predicted octanol–water partition coefficient (Wildman–Crippen LogP) is 5.33. The van der Waals surface area contributed by atoms with Crippen LogP contribution >= 0.6 is 0 Å². The van der Waals surface area contributed by atoms with E-state index in [2.05, 4.69) is 58.7 Å². The molecule has 2 aliphatic carbocycles. The summed E-state index contributed by atoms with van der Waals surface area (Å²) in [5.41, 5.74) is 5.03. The molecule has 4 aliphatic rings. The number of fused-ring (bicyclic) bond motifs is 1. The number of benzene rings is 2. The molecule has 0 aromatic heterocycles. The number of likely N-dealkylation sites (tertiary alicyclic amines) is 1. The second-order valence-corrected chi connectivity index (χ2v) is 10.8. The van der Waals surface area contributed by atoms with Crippen molar-refractivity contribution in [1.29, 1.82) is 0 Å². The van der Waals surface area contributed by atoms with E-state index in [0.717, 1.165) is 31.3 Å². The van der Waals surface area contributed by atoms with E-state index in [1.807, 2.05) is 0 Å². The molecule has 3 fully saturated rings. The molecular weight excluding hydrogens is 392 g/mol. The lowest BCUT2D eigenvalue weighted by Crippen LogP contribution is -2.46. The van der Waals surface area contributed by atoms with Crippen LogP contribution in [0.5, 0.6) is 5.75 Å². The van der Waals surface area contributed by atoms with Gasteiger partial charge in [0.2, 0.25) is 0 Å². The van der Waals surface area contributed by atoms with Gasteiger partial charge in [0.05, 0.1) is 0 Å². The molecule has 3 heteroatoms. The van der Waals surface area contributed by atoms with E-state index >= 15 is 0 Å². The molecule has 0 unspecified atom stereocenters. The van der Waals surface area contributed by atoms with E-state index in [1.165, 1.54) is 70.0 Å². The Bertz CT molecular complexity index is 908. The fourth-order valence-electron chi connectivity index (χ4n) is 6.91. The first-order valence-corrected chi connectivity index (χ1v) is 13.1. The average Bonchev–Trinajstić information content (AvgIpc) is 3.07. The monoisotopic (exact) mass is 430 g/mol. The molecule has 2 aromatic rings. The lowest BCUT2D eigenvalue weighted by atomic mass is 9.67. The first-order chi connectivity index (χ1) is 15.8. The van der Waals surface area contributed by atoms with Crippen molar-refractivity contribution in [3.63, 3.8) is 0 Å². The Kier molecular flexibility index (Phi) is 5.73. The molecule has 1 N–H and O–H groups in total. The van der Waals surface area contributed by atoms with E-state index in [0.29, 0.717) is 17.4 Å². The van der Waals surface area contributed by atoms with Gasteiger partial charge in [-0.3, -0.25) is 0 Å². The molecule has 0 bridgehead atoms. The van der Waals surface area contributed by atoms with Gasteiger partial charge in [-0.25, -0.2) is 0 Å². The fourth-order valence-corrected chi connectivity index (χ4v) is 6.91. The van der Waals surface area contributed by atoms with Crippen molar-refractivity contribution in [2.45, 2.75) is 75.9 Å². The van der Waals surface area contributed by atoms with Crippen LogP contribution in [0.2, 0.25) is 0 Å². The van der Waals surface area contributed by atoms with Crippen LogP contribution in [0.15, 0.2) is 48.5 Å². The molecule has 1 atom stereocenters. The maximum absolute atomic E-state index is 6.55. The molecule has 0 radical (unpaired) electrons. The third kappa shape index (κ3) is 3.99. The smallest absolute Gasteiger partial charge is 0.120 e. The van der Waals surface area contributed by atoms with Crippen LogP contribution in [0.25, 0.3) is 0 Å². The number of rotatable bonds is 5. The van der Waals surface area contributed by atoms with Crippen LogP contribution in [0.4, 0.5) is 0 Å². The molecule has 0 amide bonds. The minimum atomic E-state index is 0.388. The summed E-state index contributed by atoms with van der Waals surface area (Å²) in [5, 5.41) is 3.60. The normalized spacial score (nSPS) is 26.1. The van der Waals surface area contributed by atoms with Crippen molar-refractivity contribution in [1.82, 2.24) is 10.2 Å². The summed E-state index contributed by atoms with van der Waals surface area (Å²) in [7, 11) is 0. The zero-order chi connectivity index (χ0) is 21.4. The van der Waals surface area contributed by atoms with Crippen LogP contribution in [0, 0.1) is 5.41 Å². The Morgan fingerprint density at radius 1 is 0.938 bits per heavy atom.